The fourth-order valence-electron chi connectivity index (χ4n) is 1.26. The lowest BCUT2D eigenvalue weighted by atomic mass is 10.3. The Bertz CT molecular complexity index is 362. The van der Waals surface area contributed by atoms with E-state index in [2.05, 4.69) is 11.9 Å². The van der Waals surface area contributed by atoms with Crippen molar-refractivity contribution in [1.29, 1.82) is 0 Å². The van der Waals surface area contributed by atoms with Gasteiger partial charge in [-0.1, -0.05) is 6.92 Å². The Labute approximate surface area is 77.0 Å². The van der Waals surface area contributed by atoms with E-state index < -0.39 is 0 Å². The lowest BCUT2D eigenvalue weighted by Crippen LogP contribution is -1.93. The first-order valence-corrected chi connectivity index (χ1v) is 4.42. The van der Waals surface area contributed by atoms with Crippen molar-refractivity contribution in [2.75, 3.05) is 0 Å². The fourth-order valence-corrected chi connectivity index (χ4v) is 1.26. The van der Waals surface area contributed by atoms with Crippen LogP contribution in [-0.2, 0) is 13.0 Å². The zero-order valence-corrected chi connectivity index (χ0v) is 7.60. The highest BCUT2D eigenvalue weighted by Crippen LogP contribution is 2.09. The zero-order valence-electron chi connectivity index (χ0n) is 7.60. The minimum Gasteiger partial charge on any atom is -0.464 e. The number of rotatable bonds is 3. The summed E-state index contributed by atoms with van der Waals surface area (Å²) in [5.74, 6) is 2.02. The van der Waals surface area contributed by atoms with Gasteiger partial charge in [-0.3, -0.25) is 0 Å². The molecular formula is C10H12N2O. The molecule has 0 amide bonds. The van der Waals surface area contributed by atoms with Crippen molar-refractivity contribution in [3.63, 3.8) is 0 Å². The molecule has 2 heterocycles. The molecule has 13 heavy (non-hydrogen) atoms. The Balaban J connectivity index is 2.10. The molecule has 0 spiro atoms. The molecule has 0 atom stereocenters. The molecule has 2 rings (SSSR count). The van der Waals surface area contributed by atoms with E-state index in [1.54, 1.807) is 12.5 Å². The number of aryl methyl sites for hydroxylation is 1. The Hall–Kier alpha value is -1.51. The van der Waals surface area contributed by atoms with Gasteiger partial charge >= 0.3 is 0 Å². The fraction of sp³-hybridized carbons (Fsp3) is 0.300. The van der Waals surface area contributed by atoms with Crippen LogP contribution < -0.4 is 0 Å². The van der Waals surface area contributed by atoms with Gasteiger partial charge in [0.2, 0.25) is 0 Å². The molecule has 0 saturated carbocycles. The van der Waals surface area contributed by atoms with Crippen LogP contribution in [0.3, 0.4) is 0 Å². The summed E-state index contributed by atoms with van der Waals surface area (Å²) in [6, 6.07) is 4.03. The molecular weight excluding hydrogens is 164 g/mol. The average Bonchev–Trinajstić information content (AvgIpc) is 2.76. The second-order valence-electron chi connectivity index (χ2n) is 2.96. The summed E-state index contributed by atoms with van der Waals surface area (Å²) in [5, 5.41) is 0. The Morgan fingerprint density at radius 3 is 2.85 bits per heavy atom. The first-order chi connectivity index (χ1) is 6.38. The smallest absolute Gasteiger partial charge is 0.123 e. The highest BCUT2D eigenvalue weighted by molar-refractivity contribution is 5.07. The maximum absolute atomic E-state index is 5.56. The van der Waals surface area contributed by atoms with E-state index >= 15 is 0 Å². The number of imidazole rings is 1. The number of aromatic nitrogens is 2. The third kappa shape index (κ3) is 1.80. The summed E-state index contributed by atoms with van der Waals surface area (Å²) in [6.07, 6.45) is 6.43. The first kappa shape index (κ1) is 8.10. The summed E-state index contributed by atoms with van der Waals surface area (Å²) in [6.45, 7) is 2.85. The SMILES string of the molecule is CCc1ccc(Cn2ccnc2)o1. The van der Waals surface area contributed by atoms with E-state index in [0.717, 1.165) is 24.5 Å². The van der Waals surface area contributed by atoms with Crippen molar-refractivity contribution in [2.45, 2.75) is 19.9 Å². The van der Waals surface area contributed by atoms with Gasteiger partial charge in [0.25, 0.3) is 0 Å². The second-order valence-corrected chi connectivity index (χ2v) is 2.96. The molecule has 0 unspecified atom stereocenters. The molecule has 0 radical (unpaired) electrons. The number of furan rings is 1. The van der Waals surface area contributed by atoms with Crippen LogP contribution in [0.4, 0.5) is 0 Å². The Morgan fingerprint density at radius 2 is 2.23 bits per heavy atom. The molecule has 0 aromatic carbocycles. The van der Waals surface area contributed by atoms with Gasteiger partial charge in [0.05, 0.1) is 12.9 Å². The van der Waals surface area contributed by atoms with Crippen LogP contribution >= 0.6 is 0 Å². The van der Waals surface area contributed by atoms with Gasteiger partial charge in [0, 0.05) is 18.8 Å². The highest BCUT2D eigenvalue weighted by Gasteiger charge is 2.00. The van der Waals surface area contributed by atoms with Crippen LogP contribution in [-0.4, -0.2) is 9.55 Å². The lowest BCUT2D eigenvalue weighted by molar-refractivity contribution is 0.457. The van der Waals surface area contributed by atoms with Gasteiger partial charge in [-0.15, -0.1) is 0 Å². The Kier molecular flexibility index (Phi) is 2.17. The monoisotopic (exact) mass is 176 g/mol. The van der Waals surface area contributed by atoms with Crippen LogP contribution in [0.5, 0.6) is 0 Å². The molecule has 0 aliphatic heterocycles. The summed E-state index contributed by atoms with van der Waals surface area (Å²) in [5.41, 5.74) is 0. The molecule has 0 aliphatic rings. The van der Waals surface area contributed by atoms with Crippen LogP contribution in [0.25, 0.3) is 0 Å². The molecule has 2 aromatic rings. The van der Waals surface area contributed by atoms with Crippen LogP contribution in [0.2, 0.25) is 0 Å². The average molecular weight is 176 g/mol. The predicted molar refractivity (Wildman–Crippen MR) is 49.4 cm³/mol. The van der Waals surface area contributed by atoms with Crippen molar-refractivity contribution < 1.29 is 4.42 Å². The quantitative estimate of drug-likeness (QED) is 0.717. The van der Waals surface area contributed by atoms with Gasteiger partial charge in [0.1, 0.15) is 11.5 Å². The minimum absolute atomic E-state index is 0.764. The van der Waals surface area contributed by atoms with Crippen molar-refractivity contribution in [1.82, 2.24) is 9.55 Å². The molecule has 2 aromatic heterocycles. The summed E-state index contributed by atoms with van der Waals surface area (Å²) < 4.78 is 7.54. The van der Waals surface area contributed by atoms with Gasteiger partial charge in [-0.25, -0.2) is 4.98 Å². The molecule has 0 N–H and O–H groups in total. The van der Waals surface area contributed by atoms with E-state index in [4.69, 9.17) is 4.42 Å². The van der Waals surface area contributed by atoms with Gasteiger partial charge < -0.3 is 8.98 Å². The lowest BCUT2D eigenvalue weighted by Gasteiger charge is -1.96. The predicted octanol–water partition coefficient (Wildman–Crippen LogP) is 2.09. The van der Waals surface area contributed by atoms with Crippen molar-refractivity contribution in [3.8, 4) is 0 Å². The number of hydrogen-bond acceptors (Lipinski definition) is 2. The molecule has 3 nitrogen and oxygen atoms in total. The maximum Gasteiger partial charge on any atom is 0.123 e. The zero-order chi connectivity index (χ0) is 9.10. The van der Waals surface area contributed by atoms with Gasteiger partial charge in [-0.2, -0.15) is 0 Å². The van der Waals surface area contributed by atoms with Crippen LogP contribution in [0.15, 0.2) is 35.3 Å². The summed E-state index contributed by atoms with van der Waals surface area (Å²) in [7, 11) is 0. The third-order valence-corrected chi connectivity index (χ3v) is 1.96. The second kappa shape index (κ2) is 3.47. The standard InChI is InChI=1S/C10H12N2O/c1-2-9-3-4-10(13-9)7-12-6-5-11-8-12/h3-6,8H,2,7H2,1H3. The van der Waals surface area contributed by atoms with Crippen molar-refractivity contribution in [3.05, 3.63) is 42.4 Å². The van der Waals surface area contributed by atoms with Gasteiger partial charge in [-0.05, 0) is 12.1 Å². The van der Waals surface area contributed by atoms with E-state index in [9.17, 15) is 0 Å². The molecule has 68 valence electrons. The van der Waals surface area contributed by atoms with Crippen LogP contribution in [0.1, 0.15) is 18.4 Å². The normalized spacial score (nSPS) is 10.5. The minimum atomic E-state index is 0.764. The van der Waals surface area contributed by atoms with E-state index in [1.807, 2.05) is 22.9 Å². The Morgan fingerprint density at radius 1 is 1.38 bits per heavy atom. The summed E-state index contributed by atoms with van der Waals surface area (Å²) in [4.78, 5) is 3.97. The third-order valence-electron chi connectivity index (χ3n) is 1.96. The number of nitrogens with zero attached hydrogens (tertiary/aromatic N) is 2. The largest absolute Gasteiger partial charge is 0.464 e. The number of hydrogen-bond donors (Lipinski definition) is 0. The van der Waals surface area contributed by atoms with Gasteiger partial charge in [0.15, 0.2) is 0 Å². The van der Waals surface area contributed by atoms with E-state index in [0.29, 0.717) is 0 Å². The van der Waals surface area contributed by atoms with Crippen molar-refractivity contribution in [2.24, 2.45) is 0 Å². The molecule has 0 aliphatic carbocycles. The first-order valence-electron chi connectivity index (χ1n) is 4.42. The molecule has 0 bridgehead atoms. The molecule has 0 saturated heterocycles. The molecule has 0 fully saturated rings. The van der Waals surface area contributed by atoms with E-state index in [-0.39, 0.29) is 0 Å². The van der Waals surface area contributed by atoms with E-state index in [1.165, 1.54) is 0 Å². The van der Waals surface area contributed by atoms with Crippen molar-refractivity contribution >= 4 is 0 Å². The maximum atomic E-state index is 5.56. The highest BCUT2D eigenvalue weighted by atomic mass is 16.3. The van der Waals surface area contributed by atoms with Crippen LogP contribution in [0, 0.1) is 0 Å². The topological polar surface area (TPSA) is 31.0 Å². The molecule has 3 heteroatoms. The summed E-state index contributed by atoms with van der Waals surface area (Å²) >= 11 is 0.